The molecule has 126 valence electrons. The summed E-state index contributed by atoms with van der Waals surface area (Å²) < 4.78 is 38.4. The summed E-state index contributed by atoms with van der Waals surface area (Å²) in [5.74, 6) is 0.499. The summed E-state index contributed by atoms with van der Waals surface area (Å²) in [4.78, 5) is 1.61. The van der Waals surface area contributed by atoms with Crippen LogP contribution in [-0.4, -0.2) is 43.3 Å². The summed E-state index contributed by atoms with van der Waals surface area (Å²) in [7, 11) is 1.87. The Labute approximate surface area is 127 Å². The third kappa shape index (κ3) is 5.13. The summed E-state index contributed by atoms with van der Waals surface area (Å²) in [5.41, 5.74) is 0.203. The lowest BCUT2D eigenvalue weighted by atomic mass is 9.67. The van der Waals surface area contributed by atoms with E-state index in [0.717, 1.165) is 25.7 Å². The Bertz CT molecular complexity index is 315. The quantitative estimate of drug-likeness (QED) is 0.796. The normalized spacial score (nSPS) is 28.1. The molecule has 2 nitrogen and oxygen atoms in total. The maximum atomic E-state index is 12.8. The third-order valence-corrected chi connectivity index (χ3v) is 5.46. The van der Waals surface area contributed by atoms with Crippen LogP contribution in [0.4, 0.5) is 13.2 Å². The van der Waals surface area contributed by atoms with E-state index in [1.807, 2.05) is 14.0 Å². The van der Waals surface area contributed by atoms with Crippen LogP contribution >= 0.6 is 0 Å². The molecule has 0 heterocycles. The molecule has 0 radical (unpaired) electrons. The molecule has 1 aliphatic rings. The largest absolute Gasteiger partial charge is 0.401 e. The number of halogens is 3. The predicted molar refractivity (Wildman–Crippen MR) is 81.4 cm³/mol. The van der Waals surface area contributed by atoms with Crippen molar-refractivity contribution < 1.29 is 13.2 Å². The number of likely N-dealkylation sites (N-methyl/N-ethyl adjacent to an activating group) is 2. The molecular formula is C16H31F3N2. The Morgan fingerprint density at radius 2 is 1.76 bits per heavy atom. The molecule has 1 saturated carbocycles. The lowest BCUT2D eigenvalue weighted by Crippen LogP contribution is -2.55. The van der Waals surface area contributed by atoms with Gasteiger partial charge in [-0.15, -0.1) is 0 Å². The van der Waals surface area contributed by atoms with E-state index in [1.165, 1.54) is 0 Å². The summed E-state index contributed by atoms with van der Waals surface area (Å²) >= 11 is 0. The molecule has 3 atom stereocenters. The van der Waals surface area contributed by atoms with Gasteiger partial charge in [-0.3, -0.25) is 4.90 Å². The molecule has 21 heavy (non-hydrogen) atoms. The van der Waals surface area contributed by atoms with Gasteiger partial charge >= 0.3 is 6.18 Å². The van der Waals surface area contributed by atoms with Gasteiger partial charge < -0.3 is 5.32 Å². The minimum Gasteiger partial charge on any atom is -0.315 e. The molecule has 1 aliphatic carbocycles. The predicted octanol–water partition coefficient (Wildman–Crippen LogP) is 4.06. The number of hydrogen-bond acceptors (Lipinski definition) is 2. The molecule has 1 N–H and O–H groups in total. The van der Waals surface area contributed by atoms with Gasteiger partial charge in [0.15, 0.2) is 0 Å². The van der Waals surface area contributed by atoms with E-state index in [0.29, 0.717) is 12.5 Å². The highest BCUT2D eigenvalue weighted by atomic mass is 19.4. The van der Waals surface area contributed by atoms with Crippen molar-refractivity contribution in [1.29, 1.82) is 0 Å². The average Bonchev–Trinajstić information content (AvgIpc) is 2.43. The van der Waals surface area contributed by atoms with Crippen LogP contribution in [0, 0.1) is 11.3 Å². The van der Waals surface area contributed by atoms with Crippen LogP contribution in [0.3, 0.4) is 0 Å². The average molecular weight is 308 g/mol. The highest BCUT2D eigenvalue weighted by molar-refractivity contribution is 4.94. The Balaban J connectivity index is 2.87. The van der Waals surface area contributed by atoms with Crippen molar-refractivity contribution in [3.05, 3.63) is 0 Å². The lowest BCUT2D eigenvalue weighted by molar-refractivity contribution is -0.154. The van der Waals surface area contributed by atoms with E-state index >= 15 is 0 Å². The Morgan fingerprint density at radius 3 is 2.19 bits per heavy atom. The van der Waals surface area contributed by atoms with Crippen LogP contribution in [0.1, 0.15) is 53.4 Å². The van der Waals surface area contributed by atoms with Gasteiger partial charge in [-0.1, -0.05) is 34.1 Å². The van der Waals surface area contributed by atoms with Crippen LogP contribution in [0.15, 0.2) is 0 Å². The molecule has 1 rings (SSSR count). The Morgan fingerprint density at radius 1 is 1.14 bits per heavy atom. The van der Waals surface area contributed by atoms with Gasteiger partial charge in [0.2, 0.25) is 0 Å². The van der Waals surface area contributed by atoms with Crippen LogP contribution in [0.25, 0.3) is 0 Å². The van der Waals surface area contributed by atoms with Crippen molar-refractivity contribution in [2.24, 2.45) is 11.3 Å². The second-order valence-electron chi connectivity index (χ2n) is 6.99. The van der Waals surface area contributed by atoms with E-state index in [1.54, 1.807) is 4.90 Å². The van der Waals surface area contributed by atoms with Gasteiger partial charge in [0.1, 0.15) is 0 Å². The van der Waals surface area contributed by atoms with E-state index in [-0.39, 0.29) is 17.5 Å². The maximum absolute atomic E-state index is 12.8. The second kappa shape index (κ2) is 7.32. The fraction of sp³-hybridized carbons (Fsp3) is 1.00. The van der Waals surface area contributed by atoms with Gasteiger partial charge in [-0.25, -0.2) is 0 Å². The van der Waals surface area contributed by atoms with Gasteiger partial charge in [0.05, 0.1) is 6.54 Å². The zero-order valence-electron chi connectivity index (χ0n) is 14.1. The maximum Gasteiger partial charge on any atom is 0.401 e. The molecular weight excluding hydrogens is 277 g/mol. The second-order valence-corrected chi connectivity index (χ2v) is 6.99. The van der Waals surface area contributed by atoms with Gasteiger partial charge in [0, 0.05) is 12.1 Å². The van der Waals surface area contributed by atoms with Crippen LogP contribution in [-0.2, 0) is 0 Å². The van der Waals surface area contributed by atoms with Crippen molar-refractivity contribution in [3.8, 4) is 0 Å². The van der Waals surface area contributed by atoms with Crippen LogP contribution in [0.2, 0.25) is 0 Å². The zero-order valence-corrected chi connectivity index (χ0v) is 14.1. The van der Waals surface area contributed by atoms with Crippen molar-refractivity contribution in [2.45, 2.75) is 71.6 Å². The number of hydrogen-bond donors (Lipinski definition) is 1. The smallest absolute Gasteiger partial charge is 0.315 e. The number of nitrogens with zero attached hydrogens (tertiary/aromatic N) is 1. The summed E-state index contributed by atoms with van der Waals surface area (Å²) in [6, 6.07) is 0.141. The van der Waals surface area contributed by atoms with Gasteiger partial charge in [-0.2, -0.15) is 13.2 Å². The first-order chi connectivity index (χ1) is 9.64. The summed E-state index contributed by atoms with van der Waals surface area (Å²) in [6.07, 6.45) is -0.131. The Hall–Kier alpha value is -0.290. The fourth-order valence-electron chi connectivity index (χ4n) is 3.58. The van der Waals surface area contributed by atoms with Crippen LogP contribution in [0.5, 0.6) is 0 Å². The summed E-state index contributed by atoms with van der Waals surface area (Å²) in [6.45, 7) is 8.13. The van der Waals surface area contributed by atoms with E-state index in [4.69, 9.17) is 0 Å². The fourth-order valence-corrected chi connectivity index (χ4v) is 3.58. The molecule has 3 unspecified atom stereocenters. The molecule has 0 spiro atoms. The highest BCUT2D eigenvalue weighted by Crippen LogP contribution is 2.42. The van der Waals surface area contributed by atoms with Crippen molar-refractivity contribution >= 4 is 0 Å². The number of rotatable bonds is 6. The molecule has 0 amide bonds. The van der Waals surface area contributed by atoms with Crippen molar-refractivity contribution in [1.82, 2.24) is 10.2 Å². The number of alkyl halides is 3. The molecule has 0 bridgehead atoms. The Kier molecular flexibility index (Phi) is 6.54. The third-order valence-electron chi connectivity index (χ3n) is 5.46. The van der Waals surface area contributed by atoms with Crippen LogP contribution < -0.4 is 5.32 Å². The van der Waals surface area contributed by atoms with Crippen molar-refractivity contribution in [3.63, 3.8) is 0 Å². The first kappa shape index (κ1) is 18.8. The first-order valence-corrected chi connectivity index (χ1v) is 8.12. The number of nitrogens with one attached hydrogen (secondary N) is 1. The molecule has 5 heteroatoms. The monoisotopic (exact) mass is 308 g/mol. The molecule has 1 fully saturated rings. The van der Waals surface area contributed by atoms with E-state index in [2.05, 4.69) is 26.1 Å². The van der Waals surface area contributed by atoms with Gasteiger partial charge in [-0.05, 0) is 44.2 Å². The molecule has 0 aromatic rings. The first-order valence-electron chi connectivity index (χ1n) is 8.12. The SMILES string of the molecule is CCN(CC(F)(F)F)C1CC(C(C)(C)CC)CCC1NC. The standard InChI is InChI=1S/C16H31F3N2/c1-6-15(3,4)12-8-9-13(20-5)14(10-12)21(7-2)11-16(17,18)19/h12-14,20H,6-11H2,1-5H3. The minimum absolute atomic E-state index is 0.0220. The summed E-state index contributed by atoms with van der Waals surface area (Å²) in [5, 5.41) is 3.24. The topological polar surface area (TPSA) is 15.3 Å². The van der Waals surface area contributed by atoms with E-state index < -0.39 is 12.7 Å². The molecule has 0 saturated heterocycles. The molecule has 0 aromatic heterocycles. The minimum atomic E-state index is -4.12. The zero-order chi connectivity index (χ0) is 16.3. The molecule has 0 aliphatic heterocycles. The van der Waals surface area contributed by atoms with E-state index in [9.17, 15) is 13.2 Å². The van der Waals surface area contributed by atoms with Crippen molar-refractivity contribution in [2.75, 3.05) is 20.1 Å². The molecule has 0 aromatic carbocycles. The lowest BCUT2D eigenvalue weighted by Gasteiger charge is -2.47. The van der Waals surface area contributed by atoms with Gasteiger partial charge in [0.25, 0.3) is 0 Å². The highest BCUT2D eigenvalue weighted by Gasteiger charge is 2.41.